The molecule has 0 fully saturated rings. The van der Waals surface area contributed by atoms with Crippen LogP contribution in [0.25, 0.3) is 0 Å². The number of aliphatic hydroxyl groups is 2. The highest BCUT2D eigenvalue weighted by Crippen LogP contribution is 2.27. The van der Waals surface area contributed by atoms with E-state index < -0.39 is 18.4 Å². The number of alkyl halides is 2. The predicted octanol–water partition coefficient (Wildman–Crippen LogP) is 4.96. The minimum atomic E-state index is -3.52. The molecule has 3 rings (SSSR count). The van der Waals surface area contributed by atoms with Crippen LogP contribution in [-0.4, -0.2) is 64.5 Å². The molecule has 40 heavy (non-hydrogen) atoms. The molecule has 0 saturated heterocycles. The van der Waals surface area contributed by atoms with E-state index >= 15 is 0 Å². The van der Waals surface area contributed by atoms with Gasteiger partial charge in [0.2, 0.25) is 6.35 Å². The molecule has 0 spiro atoms. The first kappa shape index (κ1) is 31.1. The van der Waals surface area contributed by atoms with Gasteiger partial charge in [-0.15, -0.1) is 0 Å². The number of aliphatic hydroxyl groups excluding tert-OH is 2. The van der Waals surface area contributed by atoms with Crippen molar-refractivity contribution in [1.29, 1.82) is 0 Å². The van der Waals surface area contributed by atoms with Gasteiger partial charge in [-0.05, 0) is 55.2 Å². The van der Waals surface area contributed by atoms with Crippen LogP contribution in [-0.2, 0) is 22.6 Å². The lowest BCUT2D eigenvalue weighted by atomic mass is 10.0. The second-order valence-electron chi connectivity index (χ2n) is 9.47. The van der Waals surface area contributed by atoms with Crippen LogP contribution in [0.2, 0.25) is 5.02 Å². The Labute approximate surface area is 237 Å². The lowest BCUT2D eigenvalue weighted by Crippen LogP contribution is -2.54. The van der Waals surface area contributed by atoms with Gasteiger partial charge in [0.25, 0.3) is 5.91 Å². The lowest BCUT2D eigenvalue weighted by Gasteiger charge is -2.40. The Morgan fingerprint density at radius 3 is 2.60 bits per heavy atom. The molecule has 2 N–H and O–H groups in total. The Hall–Kier alpha value is -3.47. The summed E-state index contributed by atoms with van der Waals surface area (Å²) in [5, 5.41) is 20.6. The number of nitrogens with zero attached hydrogens (tertiary/aromatic N) is 3. The van der Waals surface area contributed by atoms with Gasteiger partial charge in [0.1, 0.15) is 18.2 Å². The van der Waals surface area contributed by atoms with Crippen LogP contribution >= 0.6 is 11.6 Å². The Balaban J connectivity index is 1.92. The molecule has 0 aliphatic carbocycles. The first-order valence-corrected chi connectivity index (χ1v) is 13.1. The fraction of sp³-hybridized carbons (Fsp3) is 0.379. The highest BCUT2D eigenvalue weighted by Gasteiger charge is 2.35. The first-order valence-electron chi connectivity index (χ1n) is 12.7. The summed E-state index contributed by atoms with van der Waals surface area (Å²) in [6.45, 7) is 6.63. The van der Waals surface area contributed by atoms with Gasteiger partial charge in [0.05, 0.1) is 5.57 Å². The van der Waals surface area contributed by atoms with E-state index in [1.165, 1.54) is 21.9 Å². The third-order valence-corrected chi connectivity index (χ3v) is 6.55. The van der Waals surface area contributed by atoms with Gasteiger partial charge in [0.15, 0.2) is 5.90 Å². The molecule has 216 valence electrons. The summed E-state index contributed by atoms with van der Waals surface area (Å²) in [5.74, 6) is -0.225. The summed E-state index contributed by atoms with van der Waals surface area (Å²) in [5.41, 5.74) is 1.83. The number of carbonyl (C=O) groups is 1. The summed E-state index contributed by atoms with van der Waals surface area (Å²) in [6, 6.07) is 13.4. The van der Waals surface area contributed by atoms with E-state index in [9.17, 15) is 18.7 Å². The molecular weight excluding hydrogens is 544 g/mol. The number of benzene rings is 2. The average Bonchev–Trinajstić information content (AvgIpc) is 2.93. The summed E-state index contributed by atoms with van der Waals surface area (Å²) in [4.78, 5) is 20.4. The molecule has 2 aromatic carbocycles. The molecule has 0 bridgehead atoms. The zero-order valence-electron chi connectivity index (χ0n) is 22.7. The number of hydrogen-bond acceptors (Lipinski definition) is 7. The monoisotopic (exact) mass is 577 g/mol. The summed E-state index contributed by atoms with van der Waals surface area (Å²) in [7, 11) is 1.60. The van der Waals surface area contributed by atoms with E-state index in [1.54, 1.807) is 38.2 Å². The Bertz CT molecular complexity index is 1250. The van der Waals surface area contributed by atoms with Crippen molar-refractivity contribution in [3.05, 3.63) is 88.7 Å². The number of ether oxygens (including phenoxy) is 2. The number of amides is 1. The van der Waals surface area contributed by atoms with E-state index in [4.69, 9.17) is 26.2 Å². The SMILES string of the molecule is C=CC(F)(F)Oc1cccc(COC(=NC2=C(C)C(=O)N(CCCO)C(O)N2C)C(C)Cc2ccc(Cl)cc2)c1. The van der Waals surface area contributed by atoms with Crippen LogP contribution < -0.4 is 4.74 Å². The van der Waals surface area contributed by atoms with Crippen molar-refractivity contribution >= 4 is 23.4 Å². The normalized spacial score (nSPS) is 17.2. The highest BCUT2D eigenvalue weighted by molar-refractivity contribution is 6.30. The quantitative estimate of drug-likeness (QED) is 0.210. The topological polar surface area (TPSA) is 94.8 Å². The van der Waals surface area contributed by atoms with Crippen molar-refractivity contribution in [2.24, 2.45) is 10.9 Å². The molecule has 2 aromatic rings. The zero-order chi connectivity index (χ0) is 29.4. The van der Waals surface area contributed by atoms with E-state index in [0.29, 0.717) is 35.1 Å². The van der Waals surface area contributed by atoms with Crippen molar-refractivity contribution < 1.29 is 33.3 Å². The van der Waals surface area contributed by atoms with Gasteiger partial charge in [-0.3, -0.25) is 9.69 Å². The Morgan fingerprint density at radius 1 is 1.25 bits per heavy atom. The molecular formula is C29H34ClF2N3O5. The van der Waals surface area contributed by atoms with E-state index in [-0.39, 0.29) is 43.1 Å². The van der Waals surface area contributed by atoms with Gasteiger partial charge in [-0.25, -0.2) is 0 Å². The van der Waals surface area contributed by atoms with E-state index in [1.807, 2.05) is 19.1 Å². The fourth-order valence-electron chi connectivity index (χ4n) is 4.12. The molecule has 0 aromatic heterocycles. The molecule has 0 radical (unpaired) electrons. The minimum Gasteiger partial charge on any atom is -0.476 e. The summed E-state index contributed by atoms with van der Waals surface area (Å²) < 4.78 is 38.1. The molecule has 2 unspecified atom stereocenters. The number of halogens is 3. The highest BCUT2D eigenvalue weighted by atomic mass is 35.5. The zero-order valence-corrected chi connectivity index (χ0v) is 23.4. The first-order chi connectivity index (χ1) is 19.0. The van der Waals surface area contributed by atoms with Crippen LogP contribution in [0.15, 0.2) is 77.6 Å². The van der Waals surface area contributed by atoms with E-state index in [0.717, 1.165) is 5.56 Å². The smallest absolute Gasteiger partial charge is 0.419 e. The molecule has 2 atom stereocenters. The number of carbonyl (C=O) groups excluding carboxylic acids is 1. The molecule has 1 aliphatic rings. The van der Waals surface area contributed by atoms with Crippen LogP contribution in [0.1, 0.15) is 31.4 Å². The van der Waals surface area contributed by atoms with Crippen molar-refractivity contribution in [2.75, 3.05) is 20.2 Å². The second kappa shape index (κ2) is 13.7. The maximum atomic E-state index is 13.6. The third-order valence-electron chi connectivity index (χ3n) is 6.30. The van der Waals surface area contributed by atoms with Crippen molar-refractivity contribution in [3.8, 4) is 5.75 Å². The Morgan fingerprint density at radius 2 is 1.95 bits per heavy atom. The van der Waals surface area contributed by atoms with Crippen LogP contribution in [0.3, 0.4) is 0 Å². The van der Waals surface area contributed by atoms with Crippen molar-refractivity contribution in [3.63, 3.8) is 0 Å². The molecule has 0 saturated carbocycles. The van der Waals surface area contributed by atoms with Gasteiger partial charge in [0, 0.05) is 37.2 Å². The van der Waals surface area contributed by atoms with Gasteiger partial charge in [-0.2, -0.15) is 13.8 Å². The van der Waals surface area contributed by atoms with E-state index in [2.05, 4.69) is 11.6 Å². The number of hydrogen-bond donors (Lipinski definition) is 2. The third kappa shape index (κ3) is 8.03. The van der Waals surface area contributed by atoms with Gasteiger partial charge >= 0.3 is 6.11 Å². The van der Waals surface area contributed by atoms with Crippen LogP contribution in [0, 0.1) is 5.92 Å². The molecule has 1 amide bonds. The molecule has 1 heterocycles. The standard InChI is InChI=1S/C29H34ClF2N3O5/c1-5-29(31,32)40-24-9-6-8-22(17-24)18-39-26(19(2)16-21-10-12-23(30)13-11-21)33-25-20(3)27(37)35(14-7-15-36)28(38)34(25)4/h5-6,8-13,17,19,28,36,38H,1,7,14-16,18H2,2-4H3. The largest absolute Gasteiger partial charge is 0.476 e. The minimum absolute atomic E-state index is 0.0180. The maximum Gasteiger partial charge on any atom is 0.419 e. The second-order valence-corrected chi connectivity index (χ2v) is 9.90. The molecule has 1 aliphatic heterocycles. The maximum absolute atomic E-state index is 13.6. The van der Waals surface area contributed by atoms with Gasteiger partial charge < -0.3 is 24.6 Å². The lowest BCUT2D eigenvalue weighted by molar-refractivity contribution is -0.154. The number of aliphatic imine (C=N–C) groups is 1. The summed E-state index contributed by atoms with van der Waals surface area (Å²) >= 11 is 6.03. The summed E-state index contributed by atoms with van der Waals surface area (Å²) in [6.07, 6.45) is -3.55. The van der Waals surface area contributed by atoms with Crippen molar-refractivity contribution in [2.45, 2.75) is 45.8 Å². The van der Waals surface area contributed by atoms with Crippen molar-refractivity contribution in [1.82, 2.24) is 9.80 Å². The Kier molecular flexibility index (Phi) is 10.7. The fourth-order valence-corrected chi connectivity index (χ4v) is 4.25. The molecule has 8 nitrogen and oxygen atoms in total. The molecule has 11 heteroatoms. The average molecular weight is 578 g/mol. The van der Waals surface area contributed by atoms with Crippen LogP contribution in [0.4, 0.5) is 8.78 Å². The van der Waals surface area contributed by atoms with Crippen LogP contribution in [0.5, 0.6) is 5.75 Å². The van der Waals surface area contributed by atoms with Gasteiger partial charge in [-0.1, -0.05) is 49.4 Å². The number of rotatable bonds is 12. The predicted molar refractivity (Wildman–Crippen MR) is 149 cm³/mol.